The van der Waals surface area contributed by atoms with Gasteiger partial charge in [0.05, 0.1) is 18.3 Å². The fourth-order valence-corrected chi connectivity index (χ4v) is 2.83. The van der Waals surface area contributed by atoms with Crippen LogP contribution in [0.5, 0.6) is 5.75 Å². The van der Waals surface area contributed by atoms with Crippen molar-refractivity contribution in [2.45, 2.75) is 45.1 Å². The third kappa shape index (κ3) is 3.33. The highest BCUT2D eigenvalue weighted by Crippen LogP contribution is 2.30. The van der Waals surface area contributed by atoms with Gasteiger partial charge in [0.1, 0.15) is 0 Å². The van der Waals surface area contributed by atoms with E-state index < -0.39 is 5.97 Å². The Bertz CT molecular complexity index is 578. The maximum absolute atomic E-state index is 12.6. The van der Waals surface area contributed by atoms with E-state index in [-0.39, 0.29) is 24.8 Å². The van der Waals surface area contributed by atoms with Crippen LogP contribution in [-0.2, 0) is 17.6 Å². The van der Waals surface area contributed by atoms with Crippen LogP contribution in [0.1, 0.15) is 43.5 Å². The minimum atomic E-state index is -0.435. The van der Waals surface area contributed by atoms with Crippen LogP contribution in [-0.4, -0.2) is 34.0 Å². The molecule has 0 fully saturated rings. The highest BCUT2D eigenvalue weighted by molar-refractivity contribution is 5.69. The third-order valence-corrected chi connectivity index (χ3v) is 3.76. The van der Waals surface area contributed by atoms with Crippen LogP contribution in [0.3, 0.4) is 0 Å². The number of carbonyl (C=O) groups excluding carboxylic acids is 1. The van der Waals surface area contributed by atoms with E-state index in [1.807, 2.05) is 0 Å². The second kappa shape index (κ2) is 6.87. The van der Waals surface area contributed by atoms with Crippen molar-refractivity contribution in [2.24, 2.45) is 0 Å². The van der Waals surface area contributed by atoms with Gasteiger partial charge >= 0.3 is 5.97 Å². The van der Waals surface area contributed by atoms with Gasteiger partial charge in [0, 0.05) is 19.1 Å². The minimum Gasteiger partial charge on any atom is -0.425 e. The van der Waals surface area contributed by atoms with E-state index in [9.17, 15) is 14.7 Å². The lowest BCUT2D eigenvalue weighted by Gasteiger charge is -2.28. The maximum atomic E-state index is 12.6. The van der Waals surface area contributed by atoms with Gasteiger partial charge in [-0.3, -0.25) is 9.59 Å². The van der Waals surface area contributed by atoms with Crippen LogP contribution in [0.2, 0.25) is 0 Å². The number of pyridine rings is 1. The summed E-state index contributed by atoms with van der Waals surface area (Å²) in [5.74, 6) is -0.0381. The Morgan fingerprint density at radius 3 is 2.86 bits per heavy atom. The summed E-state index contributed by atoms with van der Waals surface area (Å²) in [5, 5.41) is 18.4. The standard InChI is InChI=1S/C15H21NO5/c1-10(19)21-14-8-11(4-3-7-17)15(20)16-12(9-18)5-2-6-13(14)16/h8,12,17-18H,2-7,9H2,1H3/t12-/m0/s1. The average molecular weight is 295 g/mol. The summed E-state index contributed by atoms with van der Waals surface area (Å²) in [7, 11) is 0. The van der Waals surface area contributed by atoms with Gasteiger partial charge in [-0.2, -0.15) is 0 Å². The molecule has 6 nitrogen and oxygen atoms in total. The first kappa shape index (κ1) is 15.7. The maximum Gasteiger partial charge on any atom is 0.308 e. The number of esters is 1. The smallest absolute Gasteiger partial charge is 0.308 e. The largest absolute Gasteiger partial charge is 0.425 e. The Morgan fingerprint density at radius 2 is 2.24 bits per heavy atom. The number of carbonyl (C=O) groups is 1. The fourth-order valence-electron chi connectivity index (χ4n) is 2.83. The SMILES string of the molecule is CC(=O)Oc1cc(CCCO)c(=O)n2c1CCC[C@H]2CO. The summed E-state index contributed by atoms with van der Waals surface area (Å²) < 4.78 is 6.80. The molecule has 21 heavy (non-hydrogen) atoms. The number of aliphatic hydroxyl groups excluding tert-OH is 2. The van der Waals surface area contributed by atoms with Gasteiger partial charge in [0.25, 0.3) is 5.56 Å². The zero-order valence-corrected chi connectivity index (χ0v) is 12.2. The van der Waals surface area contributed by atoms with Gasteiger partial charge in [-0.1, -0.05) is 0 Å². The van der Waals surface area contributed by atoms with Crippen molar-refractivity contribution in [1.29, 1.82) is 0 Å². The lowest BCUT2D eigenvalue weighted by molar-refractivity contribution is -0.132. The lowest BCUT2D eigenvalue weighted by Crippen LogP contribution is -2.35. The Labute approximate surface area is 123 Å². The zero-order chi connectivity index (χ0) is 15.4. The molecule has 0 spiro atoms. The molecular weight excluding hydrogens is 274 g/mol. The van der Waals surface area contributed by atoms with E-state index in [1.165, 1.54) is 6.92 Å². The third-order valence-electron chi connectivity index (χ3n) is 3.76. The molecule has 2 N–H and O–H groups in total. The molecule has 0 saturated carbocycles. The van der Waals surface area contributed by atoms with Crippen molar-refractivity contribution in [1.82, 2.24) is 4.57 Å². The molecule has 0 aromatic carbocycles. The second-order valence-corrected chi connectivity index (χ2v) is 5.31. The summed E-state index contributed by atoms with van der Waals surface area (Å²) in [4.78, 5) is 23.8. The van der Waals surface area contributed by atoms with E-state index in [1.54, 1.807) is 10.6 Å². The molecule has 0 unspecified atom stereocenters. The fraction of sp³-hybridized carbons (Fsp3) is 0.600. The molecule has 1 atom stereocenters. The molecule has 1 aromatic rings. The van der Waals surface area contributed by atoms with E-state index in [2.05, 4.69) is 0 Å². The minimum absolute atomic E-state index is 0.00643. The predicted molar refractivity (Wildman–Crippen MR) is 76.5 cm³/mol. The van der Waals surface area contributed by atoms with E-state index in [0.29, 0.717) is 36.3 Å². The summed E-state index contributed by atoms with van der Waals surface area (Å²) in [6, 6.07) is 1.33. The Balaban J connectivity index is 2.55. The summed E-state index contributed by atoms with van der Waals surface area (Å²) in [6.45, 7) is 1.20. The molecule has 2 heterocycles. The molecule has 116 valence electrons. The monoisotopic (exact) mass is 295 g/mol. The molecular formula is C15H21NO5. The normalized spacial score (nSPS) is 17.4. The molecule has 1 aromatic heterocycles. The van der Waals surface area contributed by atoms with Crippen molar-refractivity contribution in [3.8, 4) is 5.75 Å². The summed E-state index contributed by atoms with van der Waals surface area (Å²) in [5.41, 5.74) is 1.02. The van der Waals surface area contributed by atoms with Gasteiger partial charge in [0.2, 0.25) is 0 Å². The number of ether oxygens (including phenoxy) is 1. The lowest BCUT2D eigenvalue weighted by atomic mass is 9.99. The van der Waals surface area contributed by atoms with E-state index in [0.717, 1.165) is 12.8 Å². The first-order valence-electron chi connectivity index (χ1n) is 7.26. The number of nitrogens with zero attached hydrogens (tertiary/aromatic N) is 1. The molecule has 6 heteroatoms. The molecule has 1 aliphatic rings. The highest BCUT2D eigenvalue weighted by atomic mass is 16.5. The van der Waals surface area contributed by atoms with E-state index in [4.69, 9.17) is 9.84 Å². The average Bonchev–Trinajstić information content (AvgIpc) is 2.47. The number of aliphatic hydroxyl groups is 2. The topological polar surface area (TPSA) is 88.8 Å². The predicted octanol–water partition coefficient (Wildman–Crippen LogP) is 0.568. The number of aromatic nitrogens is 1. The molecule has 0 aliphatic carbocycles. The van der Waals surface area contributed by atoms with Crippen molar-refractivity contribution in [2.75, 3.05) is 13.2 Å². The Morgan fingerprint density at radius 1 is 1.48 bits per heavy atom. The van der Waals surface area contributed by atoms with Gasteiger partial charge in [-0.15, -0.1) is 0 Å². The zero-order valence-electron chi connectivity index (χ0n) is 12.2. The van der Waals surface area contributed by atoms with Crippen LogP contribution in [0.15, 0.2) is 10.9 Å². The van der Waals surface area contributed by atoms with Crippen LogP contribution in [0.25, 0.3) is 0 Å². The molecule has 0 amide bonds. The van der Waals surface area contributed by atoms with Gasteiger partial charge in [-0.05, 0) is 38.2 Å². The molecule has 2 rings (SSSR count). The number of aryl methyl sites for hydroxylation is 1. The second-order valence-electron chi connectivity index (χ2n) is 5.31. The number of hydrogen-bond acceptors (Lipinski definition) is 5. The first-order chi connectivity index (χ1) is 10.1. The molecule has 0 saturated heterocycles. The van der Waals surface area contributed by atoms with Crippen LogP contribution >= 0.6 is 0 Å². The van der Waals surface area contributed by atoms with Gasteiger partial charge < -0.3 is 19.5 Å². The molecule has 0 bridgehead atoms. The number of rotatable bonds is 5. The summed E-state index contributed by atoms with van der Waals surface area (Å²) >= 11 is 0. The quantitative estimate of drug-likeness (QED) is 0.775. The Kier molecular flexibility index (Phi) is 5.14. The van der Waals surface area contributed by atoms with Crippen LogP contribution < -0.4 is 10.3 Å². The summed E-state index contributed by atoms with van der Waals surface area (Å²) in [6.07, 6.45) is 3.11. The Hall–Kier alpha value is -1.66. The van der Waals surface area contributed by atoms with Gasteiger partial charge in [0.15, 0.2) is 5.75 Å². The van der Waals surface area contributed by atoms with Crippen molar-refractivity contribution in [3.05, 3.63) is 27.7 Å². The van der Waals surface area contributed by atoms with Crippen LogP contribution in [0, 0.1) is 0 Å². The number of fused-ring (bicyclic) bond motifs is 1. The molecule has 0 radical (unpaired) electrons. The van der Waals surface area contributed by atoms with Crippen molar-refractivity contribution >= 4 is 5.97 Å². The first-order valence-corrected chi connectivity index (χ1v) is 7.26. The van der Waals surface area contributed by atoms with Crippen LogP contribution in [0.4, 0.5) is 0 Å². The van der Waals surface area contributed by atoms with E-state index >= 15 is 0 Å². The highest BCUT2D eigenvalue weighted by Gasteiger charge is 2.25. The van der Waals surface area contributed by atoms with Crippen molar-refractivity contribution in [3.63, 3.8) is 0 Å². The molecule has 1 aliphatic heterocycles. The van der Waals surface area contributed by atoms with Gasteiger partial charge in [-0.25, -0.2) is 0 Å². The number of hydrogen-bond donors (Lipinski definition) is 2. The van der Waals surface area contributed by atoms with Crippen molar-refractivity contribution < 1.29 is 19.7 Å².